The lowest BCUT2D eigenvalue weighted by Gasteiger charge is -2.55. The first-order chi connectivity index (χ1) is 16.6. The molecule has 2 saturated heterocycles. The molecule has 2 saturated carbocycles. The Morgan fingerprint density at radius 2 is 1.59 bits per heavy atom. The van der Waals surface area contributed by atoms with E-state index >= 15 is 0 Å². The number of hydrogen-bond donors (Lipinski definition) is 0. The van der Waals surface area contributed by atoms with Gasteiger partial charge in [-0.1, -0.05) is 37.8 Å². The van der Waals surface area contributed by atoms with Gasteiger partial charge in [0.25, 0.3) is 5.56 Å². The van der Waals surface area contributed by atoms with Crippen molar-refractivity contribution in [3.63, 3.8) is 0 Å². The normalized spacial score (nSPS) is 33.6. The number of para-hydroxylation sites is 2. The van der Waals surface area contributed by atoms with E-state index in [0.717, 1.165) is 36.2 Å². The highest BCUT2D eigenvalue weighted by Gasteiger charge is 2.45. The van der Waals surface area contributed by atoms with Crippen molar-refractivity contribution in [3.05, 3.63) is 40.3 Å². The van der Waals surface area contributed by atoms with Crippen molar-refractivity contribution < 1.29 is 9.53 Å². The topological polar surface area (TPSA) is 64.4 Å². The predicted molar refractivity (Wildman–Crippen MR) is 132 cm³/mol. The van der Waals surface area contributed by atoms with E-state index in [4.69, 9.17) is 4.74 Å². The van der Waals surface area contributed by atoms with Crippen LogP contribution >= 0.6 is 0 Å². The molecule has 0 spiro atoms. The maximum atomic E-state index is 13.6. The first kappa shape index (κ1) is 22.3. The summed E-state index contributed by atoms with van der Waals surface area (Å²) in [5.41, 5.74) is 1.16. The number of hydrogen-bond acceptors (Lipinski definition) is 5. The summed E-state index contributed by atoms with van der Waals surface area (Å²) < 4.78 is 7.08. The standard InChI is InChI=1S/C28H37N3O3/c1-2-34-28(33)26-27(32)31(25-12-4-3-11-24(25)29-26)23-16-20-9-6-10-21(17-23)30(20)22-14-18-7-5-8-19(13-18)15-22/h3-4,11-12,18-23H,2,5-10,13-17H2,1H3/t18-,19+,20-,21+,22?,23?. The Bertz CT molecular complexity index is 1100. The molecule has 2 aliphatic heterocycles. The molecule has 4 aliphatic rings. The van der Waals surface area contributed by atoms with E-state index < -0.39 is 5.97 Å². The molecule has 1 aromatic carbocycles. The largest absolute Gasteiger partial charge is 0.461 e. The summed E-state index contributed by atoms with van der Waals surface area (Å²) in [5, 5.41) is 0. The highest BCUT2D eigenvalue weighted by atomic mass is 16.5. The highest BCUT2D eigenvalue weighted by molar-refractivity contribution is 5.89. The molecule has 0 amide bonds. The van der Waals surface area contributed by atoms with Crippen LogP contribution in [0.3, 0.4) is 0 Å². The van der Waals surface area contributed by atoms with Crippen molar-refractivity contribution in [1.82, 2.24) is 14.5 Å². The fraction of sp³-hybridized carbons (Fsp3) is 0.679. The smallest absolute Gasteiger partial charge is 0.362 e. The van der Waals surface area contributed by atoms with E-state index in [1.165, 1.54) is 57.8 Å². The Kier molecular flexibility index (Phi) is 5.96. The maximum absolute atomic E-state index is 13.6. The van der Waals surface area contributed by atoms with Crippen LogP contribution in [0.25, 0.3) is 11.0 Å². The molecular formula is C28H37N3O3. The average molecular weight is 464 g/mol. The van der Waals surface area contributed by atoms with Crippen LogP contribution in [0.15, 0.2) is 29.1 Å². The van der Waals surface area contributed by atoms with Crippen LogP contribution in [-0.2, 0) is 4.74 Å². The lowest BCUT2D eigenvalue weighted by molar-refractivity contribution is -0.0486. The third-order valence-electron chi connectivity index (χ3n) is 9.16. The average Bonchev–Trinajstić information content (AvgIpc) is 2.82. The fourth-order valence-corrected chi connectivity index (χ4v) is 7.98. The summed E-state index contributed by atoms with van der Waals surface area (Å²) in [6, 6.07) is 9.63. The van der Waals surface area contributed by atoms with Gasteiger partial charge in [-0.15, -0.1) is 0 Å². The van der Waals surface area contributed by atoms with Gasteiger partial charge < -0.3 is 9.30 Å². The fourth-order valence-electron chi connectivity index (χ4n) is 7.98. The minimum atomic E-state index is -0.613. The zero-order valence-electron chi connectivity index (χ0n) is 20.3. The number of piperidine rings is 2. The maximum Gasteiger partial charge on any atom is 0.362 e. The van der Waals surface area contributed by atoms with Crippen LogP contribution in [0.1, 0.15) is 94.1 Å². The van der Waals surface area contributed by atoms with Gasteiger partial charge in [0.1, 0.15) is 0 Å². The van der Waals surface area contributed by atoms with Gasteiger partial charge in [-0.25, -0.2) is 9.78 Å². The van der Waals surface area contributed by atoms with E-state index in [0.29, 0.717) is 17.6 Å². The van der Waals surface area contributed by atoms with Crippen LogP contribution in [-0.4, -0.2) is 45.2 Å². The van der Waals surface area contributed by atoms with Crippen molar-refractivity contribution in [2.75, 3.05) is 6.61 Å². The second kappa shape index (κ2) is 9.10. The van der Waals surface area contributed by atoms with Crippen LogP contribution in [0.2, 0.25) is 0 Å². The molecule has 6 heteroatoms. The molecule has 1 aromatic heterocycles. The van der Waals surface area contributed by atoms with E-state index in [1.807, 2.05) is 28.8 Å². The van der Waals surface area contributed by atoms with Gasteiger partial charge in [-0.05, 0) is 75.8 Å². The van der Waals surface area contributed by atoms with Crippen molar-refractivity contribution in [2.45, 2.75) is 102 Å². The predicted octanol–water partition coefficient (Wildman–Crippen LogP) is 5.10. The van der Waals surface area contributed by atoms with Crippen molar-refractivity contribution >= 4 is 17.0 Å². The lowest BCUT2D eigenvalue weighted by Crippen LogP contribution is -2.58. The molecular weight excluding hydrogens is 426 g/mol. The molecule has 2 aromatic rings. The molecule has 182 valence electrons. The zero-order valence-corrected chi connectivity index (χ0v) is 20.3. The molecule has 0 radical (unpaired) electrons. The molecule has 2 aliphatic carbocycles. The molecule has 6 nitrogen and oxygen atoms in total. The minimum absolute atomic E-state index is 0.0757. The van der Waals surface area contributed by atoms with Crippen LogP contribution in [0.5, 0.6) is 0 Å². The number of esters is 1. The summed E-state index contributed by atoms with van der Waals surface area (Å²) >= 11 is 0. The molecule has 2 unspecified atom stereocenters. The highest BCUT2D eigenvalue weighted by Crippen LogP contribution is 2.47. The number of fused-ring (bicyclic) bond motifs is 5. The van der Waals surface area contributed by atoms with Crippen molar-refractivity contribution in [1.29, 1.82) is 0 Å². The van der Waals surface area contributed by atoms with Gasteiger partial charge in [0.15, 0.2) is 0 Å². The molecule has 4 bridgehead atoms. The number of ether oxygens (including phenoxy) is 1. The Labute approximate surface area is 201 Å². The summed E-state index contributed by atoms with van der Waals surface area (Å²) in [6.07, 6.45) is 14.2. The van der Waals surface area contributed by atoms with Crippen molar-refractivity contribution in [3.8, 4) is 0 Å². The summed E-state index contributed by atoms with van der Waals surface area (Å²) in [4.78, 5) is 33.5. The van der Waals surface area contributed by atoms with Crippen LogP contribution in [0, 0.1) is 11.8 Å². The Morgan fingerprint density at radius 1 is 0.912 bits per heavy atom. The summed E-state index contributed by atoms with van der Waals surface area (Å²) in [6.45, 7) is 1.99. The number of benzene rings is 1. The second-order valence-corrected chi connectivity index (χ2v) is 11.2. The van der Waals surface area contributed by atoms with E-state index in [2.05, 4.69) is 9.88 Å². The summed E-state index contributed by atoms with van der Waals surface area (Å²) in [7, 11) is 0. The van der Waals surface area contributed by atoms with Crippen LogP contribution < -0.4 is 5.56 Å². The van der Waals surface area contributed by atoms with E-state index in [9.17, 15) is 9.59 Å². The number of carbonyl (C=O) groups is 1. The number of nitrogens with zero attached hydrogens (tertiary/aromatic N) is 3. The monoisotopic (exact) mass is 463 g/mol. The van der Waals surface area contributed by atoms with Gasteiger partial charge in [-0.2, -0.15) is 0 Å². The molecule has 3 heterocycles. The molecule has 0 N–H and O–H groups in total. The third-order valence-corrected chi connectivity index (χ3v) is 9.16. The van der Waals surface area contributed by atoms with E-state index in [1.54, 1.807) is 6.92 Å². The quantitative estimate of drug-likeness (QED) is 0.590. The molecule has 4 fully saturated rings. The minimum Gasteiger partial charge on any atom is -0.461 e. The molecule has 34 heavy (non-hydrogen) atoms. The van der Waals surface area contributed by atoms with Gasteiger partial charge in [0.05, 0.1) is 17.6 Å². The van der Waals surface area contributed by atoms with E-state index in [-0.39, 0.29) is 23.9 Å². The van der Waals surface area contributed by atoms with Gasteiger partial charge >= 0.3 is 5.97 Å². The Morgan fingerprint density at radius 3 is 2.29 bits per heavy atom. The zero-order chi connectivity index (χ0) is 23.2. The number of aromatic nitrogens is 2. The lowest BCUT2D eigenvalue weighted by atomic mass is 9.68. The SMILES string of the molecule is CCOC(=O)c1nc2ccccc2n(C2C[C@H]3CCC[C@@H](C2)N3C2C[C@H]3CCC[C@@H](C2)C3)c1=O. The Balaban J connectivity index is 1.34. The summed E-state index contributed by atoms with van der Waals surface area (Å²) in [5.74, 6) is 1.24. The van der Waals surface area contributed by atoms with Crippen LogP contribution in [0.4, 0.5) is 0 Å². The Hall–Kier alpha value is -2.21. The second-order valence-electron chi connectivity index (χ2n) is 11.2. The van der Waals surface area contributed by atoms with Gasteiger partial charge in [0.2, 0.25) is 5.69 Å². The molecule has 6 atom stereocenters. The van der Waals surface area contributed by atoms with Gasteiger partial charge in [0, 0.05) is 24.2 Å². The first-order valence-corrected chi connectivity index (χ1v) is 13.6. The first-order valence-electron chi connectivity index (χ1n) is 13.6. The van der Waals surface area contributed by atoms with Crippen molar-refractivity contribution in [2.24, 2.45) is 11.8 Å². The number of carbonyl (C=O) groups excluding carboxylic acids is 1. The number of rotatable bonds is 4. The third kappa shape index (κ3) is 3.88. The van der Waals surface area contributed by atoms with Gasteiger partial charge in [-0.3, -0.25) is 9.69 Å². The molecule has 6 rings (SSSR count).